The first-order valence-corrected chi connectivity index (χ1v) is 14.7. The van der Waals surface area contributed by atoms with Crippen LogP contribution in [0.3, 0.4) is 0 Å². The van der Waals surface area contributed by atoms with Crippen molar-refractivity contribution in [3.8, 4) is 0 Å². The van der Waals surface area contributed by atoms with E-state index in [0.29, 0.717) is 20.7 Å². The number of H-pyrrole nitrogens is 1. The summed E-state index contributed by atoms with van der Waals surface area (Å²) in [5.74, 6) is -1.28. The fourth-order valence-corrected chi connectivity index (χ4v) is 7.83. The van der Waals surface area contributed by atoms with E-state index in [1.165, 1.54) is 39.8 Å². The second-order valence-electron chi connectivity index (χ2n) is 8.71. The third kappa shape index (κ3) is 5.78. The number of rotatable bonds is 8. The summed E-state index contributed by atoms with van der Waals surface area (Å²) in [7, 11) is -1.48. The van der Waals surface area contributed by atoms with Crippen LogP contribution in [0, 0.1) is 0 Å². The summed E-state index contributed by atoms with van der Waals surface area (Å²) < 4.78 is 18.6. The number of esters is 1. The predicted molar refractivity (Wildman–Crippen MR) is 133 cm³/mol. The lowest BCUT2D eigenvalue weighted by atomic mass is 10.0. The van der Waals surface area contributed by atoms with Crippen molar-refractivity contribution >= 4 is 63.4 Å². The number of β-lactam (4-membered cyclic amide) rings is 1. The maximum absolute atomic E-state index is 13.2. The minimum Gasteiger partial charge on any atom is -0.455 e. The van der Waals surface area contributed by atoms with E-state index in [1.807, 2.05) is 6.92 Å². The molecule has 3 unspecified atom stereocenters. The van der Waals surface area contributed by atoms with Crippen LogP contribution in [0.15, 0.2) is 38.1 Å². The Labute approximate surface area is 216 Å². The Kier molecular flexibility index (Phi) is 7.68. The van der Waals surface area contributed by atoms with Crippen LogP contribution >= 0.6 is 34.9 Å². The van der Waals surface area contributed by atoms with Crippen molar-refractivity contribution in [3.63, 3.8) is 0 Å². The SMILES string of the molecule is CC(Sc1nn[nH]n1)C1=C(C(=O)OC(C)(C)C)N2C(=O)C(NC(=O)CS(=O)c3cccs3)[C@H]2SC1. The number of hydrogen-bond donors (Lipinski definition) is 2. The highest BCUT2D eigenvalue weighted by Gasteiger charge is 2.55. The topological polar surface area (TPSA) is 147 Å². The van der Waals surface area contributed by atoms with E-state index in [0.717, 1.165) is 0 Å². The lowest BCUT2D eigenvalue weighted by Crippen LogP contribution is -2.71. The number of carbonyl (C=O) groups is 3. The zero-order valence-electron chi connectivity index (χ0n) is 19.3. The minimum absolute atomic E-state index is 0.185. The van der Waals surface area contributed by atoms with Crippen LogP contribution < -0.4 is 5.32 Å². The Morgan fingerprint density at radius 3 is 2.83 bits per heavy atom. The van der Waals surface area contributed by atoms with Crippen LogP contribution in [0.4, 0.5) is 0 Å². The van der Waals surface area contributed by atoms with Gasteiger partial charge in [0.1, 0.15) is 28.5 Å². The average molecular weight is 557 g/mol. The Morgan fingerprint density at radius 1 is 1.43 bits per heavy atom. The molecule has 4 heterocycles. The number of aromatic nitrogens is 4. The number of tetrazole rings is 1. The lowest BCUT2D eigenvalue weighted by molar-refractivity contribution is -0.159. The van der Waals surface area contributed by atoms with Gasteiger partial charge in [-0.25, -0.2) is 4.79 Å². The van der Waals surface area contributed by atoms with E-state index < -0.39 is 45.6 Å². The Balaban J connectivity index is 1.52. The van der Waals surface area contributed by atoms with E-state index >= 15 is 0 Å². The summed E-state index contributed by atoms with van der Waals surface area (Å²) in [4.78, 5) is 40.3. The van der Waals surface area contributed by atoms with E-state index in [4.69, 9.17) is 4.74 Å². The summed E-state index contributed by atoms with van der Waals surface area (Å²) in [6.07, 6.45) is 0. The Hall–Kier alpha value is -2.23. The van der Waals surface area contributed by atoms with Gasteiger partial charge in [-0.3, -0.25) is 18.7 Å². The monoisotopic (exact) mass is 556 g/mol. The van der Waals surface area contributed by atoms with Gasteiger partial charge in [0.2, 0.25) is 11.1 Å². The molecule has 2 aliphatic rings. The lowest BCUT2D eigenvalue weighted by Gasteiger charge is -2.50. The van der Waals surface area contributed by atoms with Gasteiger partial charge in [-0.05, 0) is 49.9 Å². The van der Waals surface area contributed by atoms with Gasteiger partial charge in [0, 0.05) is 11.0 Å². The quantitative estimate of drug-likeness (QED) is 0.279. The molecule has 2 aliphatic heterocycles. The smallest absolute Gasteiger partial charge is 0.355 e. The van der Waals surface area contributed by atoms with E-state index in [1.54, 1.807) is 38.3 Å². The van der Waals surface area contributed by atoms with Crippen molar-refractivity contribution in [1.29, 1.82) is 0 Å². The van der Waals surface area contributed by atoms with Crippen LogP contribution in [-0.4, -0.2) is 81.3 Å². The highest BCUT2D eigenvalue weighted by molar-refractivity contribution is 8.01. The third-order valence-corrected chi connectivity index (χ3v) is 9.93. The van der Waals surface area contributed by atoms with Crippen LogP contribution in [-0.2, 0) is 29.9 Å². The van der Waals surface area contributed by atoms with Gasteiger partial charge < -0.3 is 10.1 Å². The molecule has 4 atom stereocenters. The number of carbonyl (C=O) groups excluding carboxylic acids is 3. The largest absolute Gasteiger partial charge is 0.455 e. The summed E-state index contributed by atoms with van der Waals surface area (Å²) in [5, 5.41) is 18.0. The van der Waals surface area contributed by atoms with Gasteiger partial charge in [-0.1, -0.05) is 17.8 Å². The first kappa shape index (κ1) is 25.9. The fourth-order valence-electron chi connectivity index (χ4n) is 3.50. The molecule has 4 rings (SSSR count). The molecule has 0 aliphatic carbocycles. The predicted octanol–water partition coefficient (Wildman–Crippen LogP) is 1.55. The zero-order valence-corrected chi connectivity index (χ0v) is 22.6. The second kappa shape index (κ2) is 10.4. The molecular formula is C20H24N6O5S4. The molecule has 1 fully saturated rings. The molecule has 2 aromatic rings. The van der Waals surface area contributed by atoms with Gasteiger partial charge in [-0.2, -0.15) is 5.21 Å². The number of amides is 2. The molecule has 11 nitrogen and oxygen atoms in total. The zero-order chi connectivity index (χ0) is 25.3. The number of hydrogen-bond acceptors (Lipinski definition) is 11. The highest BCUT2D eigenvalue weighted by atomic mass is 32.2. The number of fused-ring (bicyclic) bond motifs is 1. The fraction of sp³-hybridized carbons (Fsp3) is 0.500. The number of thioether (sulfide) groups is 2. The van der Waals surface area contributed by atoms with Crippen LogP contribution in [0.2, 0.25) is 0 Å². The van der Waals surface area contributed by atoms with Gasteiger partial charge in [0.15, 0.2) is 0 Å². The summed E-state index contributed by atoms with van der Waals surface area (Å²) in [6.45, 7) is 7.16. The van der Waals surface area contributed by atoms with Crippen molar-refractivity contribution in [1.82, 2.24) is 30.8 Å². The molecule has 2 N–H and O–H groups in total. The molecule has 188 valence electrons. The van der Waals surface area contributed by atoms with Crippen LogP contribution in [0.1, 0.15) is 27.7 Å². The summed E-state index contributed by atoms with van der Waals surface area (Å²) in [6, 6.07) is 2.66. The number of thiophene rings is 1. The van der Waals surface area contributed by atoms with Gasteiger partial charge in [0.05, 0.1) is 15.0 Å². The summed E-state index contributed by atoms with van der Waals surface area (Å²) >= 11 is 4.06. The Morgan fingerprint density at radius 2 is 2.20 bits per heavy atom. The number of nitrogens with zero attached hydrogens (tertiary/aromatic N) is 4. The van der Waals surface area contributed by atoms with Crippen molar-refractivity contribution in [2.45, 2.75) is 59.3 Å². The molecule has 0 bridgehead atoms. The molecule has 0 spiro atoms. The molecule has 0 saturated carbocycles. The van der Waals surface area contributed by atoms with E-state index in [2.05, 4.69) is 25.9 Å². The molecule has 2 amide bonds. The number of ether oxygens (including phenoxy) is 1. The molecule has 2 aromatic heterocycles. The average Bonchev–Trinajstić information content (AvgIpc) is 3.49. The molecular weight excluding hydrogens is 533 g/mol. The maximum Gasteiger partial charge on any atom is 0.355 e. The first-order valence-electron chi connectivity index (χ1n) is 10.6. The summed E-state index contributed by atoms with van der Waals surface area (Å²) in [5.41, 5.74) is 0.143. The molecule has 1 saturated heterocycles. The van der Waals surface area contributed by atoms with Crippen LogP contribution in [0.5, 0.6) is 0 Å². The van der Waals surface area contributed by atoms with E-state index in [9.17, 15) is 18.6 Å². The Bertz CT molecular complexity index is 1160. The number of aromatic amines is 1. The van der Waals surface area contributed by atoms with Gasteiger partial charge >= 0.3 is 5.97 Å². The van der Waals surface area contributed by atoms with Gasteiger partial charge in [-0.15, -0.1) is 33.3 Å². The van der Waals surface area contributed by atoms with E-state index in [-0.39, 0.29) is 16.7 Å². The molecule has 0 aromatic carbocycles. The van der Waals surface area contributed by atoms with Crippen molar-refractivity contribution in [3.05, 3.63) is 28.8 Å². The second-order valence-corrected chi connectivity index (χ2v) is 13.7. The maximum atomic E-state index is 13.2. The normalized spacial score (nSPS) is 21.7. The third-order valence-electron chi connectivity index (χ3n) is 4.99. The molecule has 0 radical (unpaired) electrons. The van der Waals surface area contributed by atoms with Crippen molar-refractivity contribution in [2.24, 2.45) is 0 Å². The standard InChI is InChI=1S/C20H24N6O5S4/c1-10(34-19-22-24-25-23-19)11-8-33-17-14(21-12(27)9-35(30)13-6-5-7-32-13)16(28)26(17)15(11)18(29)31-20(2,3)4/h5-7,10,14,17H,8-9H2,1-4H3,(H,21,27)(H,22,23,24,25)/t10?,14?,17-,35?/m1/s1. The van der Waals surface area contributed by atoms with Crippen molar-refractivity contribution < 1.29 is 23.3 Å². The highest BCUT2D eigenvalue weighted by Crippen LogP contribution is 2.44. The van der Waals surface area contributed by atoms with Crippen LogP contribution in [0.25, 0.3) is 0 Å². The first-order chi connectivity index (χ1) is 16.5. The van der Waals surface area contributed by atoms with Crippen molar-refractivity contribution in [2.75, 3.05) is 11.5 Å². The molecule has 35 heavy (non-hydrogen) atoms. The molecule has 15 heteroatoms. The number of nitrogens with one attached hydrogen (secondary N) is 2. The van der Waals surface area contributed by atoms with Gasteiger partial charge in [0.25, 0.3) is 5.91 Å². The minimum atomic E-state index is -1.48.